The summed E-state index contributed by atoms with van der Waals surface area (Å²) < 4.78 is 0. The number of aryl methyl sites for hydroxylation is 1. The predicted molar refractivity (Wildman–Crippen MR) is 86.4 cm³/mol. The molecule has 0 amide bonds. The Balaban J connectivity index is 1.68. The number of benzene rings is 1. The first-order chi connectivity index (χ1) is 9.63. The van der Waals surface area contributed by atoms with Crippen molar-refractivity contribution in [1.29, 1.82) is 0 Å². The van der Waals surface area contributed by atoms with Gasteiger partial charge in [0.05, 0.1) is 0 Å². The fraction of sp³-hybridized carbons (Fsp3) is 0.611. The van der Waals surface area contributed by atoms with Crippen molar-refractivity contribution in [3.8, 4) is 0 Å². The smallest absolute Gasteiger partial charge is 0.140 e. The molecule has 3 rings (SSSR count). The van der Waals surface area contributed by atoms with Gasteiger partial charge in [0.15, 0.2) is 0 Å². The summed E-state index contributed by atoms with van der Waals surface area (Å²) >= 11 is 2.15. The average molecular weight is 288 g/mol. The molecule has 1 nitrogen and oxygen atoms in total. The lowest BCUT2D eigenvalue weighted by atomic mass is 9.84. The topological polar surface area (TPSA) is 17.1 Å². The van der Waals surface area contributed by atoms with Crippen molar-refractivity contribution in [1.82, 2.24) is 0 Å². The molecule has 0 N–H and O–H groups in total. The molecule has 1 aromatic carbocycles. The highest BCUT2D eigenvalue weighted by atomic mass is 32.2. The second-order valence-corrected chi connectivity index (χ2v) is 8.09. The van der Waals surface area contributed by atoms with E-state index in [2.05, 4.69) is 43.8 Å². The van der Waals surface area contributed by atoms with Gasteiger partial charge in [-0.1, -0.05) is 24.6 Å². The Bertz CT molecular complexity index is 496. The quantitative estimate of drug-likeness (QED) is 0.815. The van der Waals surface area contributed by atoms with Crippen LogP contribution in [-0.2, 0) is 11.2 Å². The lowest BCUT2D eigenvalue weighted by Crippen LogP contribution is -2.33. The van der Waals surface area contributed by atoms with Crippen LogP contribution in [0.5, 0.6) is 0 Å². The monoisotopic (exact) mass is 288 g/mol. The van der Waals surface area contributed by atoms with Gasteiger partial charge in [0, 0.05) is 22.8 Å². The third-order valence-corrected chi connectivity index (χ3v) is 6.69. The summed E-state index contributed by atoms with van der Waals surface area (Å²) in [5.41, 5.74) is 3.83. The Morgan fingerprint density at radius 3 is 2.60 bits per heavy atom. The third kappa shape index (κ3) is 2.95. The zero-order chi connectivity index (χ0) is 14.1. The minimum atomic E-state index is 0.325. The zero-order valence-corrected chi connectivity index (χ0v) is 13.3. The molecule has 2 bridgehead atoms. The van der Waals surface area contributed by atoms with Gasteiger partial charge in [0.1, 0.15) is 5.78 Å². The molecule has 2 heteroatoms. The molecule has 0 aliphatic carbocycles. The zero-order valence-electron chi connectivity index (χ0n) is 12.5. The number of carbonyl (C=O) groups excluding carboxylic acids is 1. The van der Waals surface area contributed by atoms with Gasteiger partial charge in [-0.25, -0.2) is 0 Å². The summed E-state index contributed by atoms with van der Waals surface area (Å²) in [5.74, 6) is 0.808. The van der Waals surface area contributed by atoms with Crippen molar-refractivity contribution in [3.05, 3.63) is 34.9 Å². The fourth-order valence-corrected chi connectivity index (χ4v) is 5.49. The summed E-state index contributed by atoms with van der Waals surface area (Å²) in [7, 11) is 0. The minimum Gasteiger partial charge on any atom is -0.299 e. The van der Waals surface area contributed by atoms with E-state index >= 15 is 0 Å². The van der Waals surface area contributed by atoms with Gasteiger partial charge in [-0.2, -0.15) is 11.8 Å². The number of rotatable bonds is 3. The average Bonchev–Trinajstić information content (AvgIpc) is 2.43. The molecule has 0 radical (unpaired) electrons. The molecule has 1 aromatic rings. The molecule has 2 heterocycles. The molecule has 2 saturated heterocycles. The van der Waals surface area contributed by atoms with Gasteiger partial charge in [0.2, 0.25) is 0 Å². The highest BCUT2D eigenvalue weighted by Crippen LogP contribution is 2.44. The molecule has 2 atom stereocenters. The van der Waals surface area contributed by atoms with E-state index in [1.165, 1.54) is 36.0 Å². The Morgan fingerprint density at radius 1 is 1.20 bits per heavy atom. The van der Waals surface area contributed by atoms with Crippen LogP contribution in [0.4, 0.5) is 0 Å². The van der Waals surface area contributed by atoms with E-state index in [4.69, 9.17) is 0 Å². The van der Waals surface area contributed by atoms with E-state index < -0.39 is 0 Å². The second kappa shape index (κ2) is 5.93. The molecule has 2 fully saturated rings. The molecule has 108 valence electrons. The fourth-order valence-electron chi connectivity index (χ4n) is 3.66. The van der Waals surface area contributed by atoms with Crippen LogP contribution in [0.3, 0.4) is 0 Å². The Hall–Kier alpha value is -0.760. The summed E-state index contributed by atoms with van der Waals surface area (Å²) in [6.07, 6.45) is 6.93. The van der Waals surface area contributed by atoms with Crippen LogP contribution in [0.25, 0.3) is 0 Å². The minimum absolute atomic E-state index is 0.325. The van der Waals surface area contributed by atoms with Crippen LogP contribution in [0.2, 0.25) is 0 Å². The van der Waals surface area contributed by atoms with Gasteiger partial charge >= 0.3 is 0 Å². The summed E-state index contributed by atoms with van der Waals surface area (Å²) in [6.45, 7) is 4.27. The molecule has 0 spiro atoms. The lowest BCUT2D eigenvalue weighted by Gasteiger charge is -2.38. The van der Waals surface area contributed by atoms with Crippen LogP contribution >= 0.6 is 11.8 Å². The van der Waals surface area contributed by atoms with E-state index in [0.29, 0.717) is 18.1 Å². The van der Waals surface area contributed by atoms with E-state index in [1.807, 2.05) is 0 Å². The third-order valence-electron chi connectivity index (χ3n) is 5.07. The maximum absolute atomic E-state index is 12.7. The number of ketones is 1. The highest BCUT2D eigenvalue weighted by Gasteiger charge is 2.35. The molecule has 2 aliphatic heterocycles. The standard InChI is InChI=1S/C18H24OS/c1-12-5-3-6-14(13(12)2)11-18(19)15-9-16-7-4-8-17(10-15)20-16/h3,5-6,15-17H,4,7-11H2,1-2H3. The first kappa shape index (κ1) is 14.2. The van der Waals surface area contributed by atoms with Crippen LogP contribution < -0.4 is 0 Å². The van der Waals surface area contributed by atoms with Crippen molar-refractivity contribution >= 4 is 17.5 Å². The van der Waals surface area contributed by atoms with Crippen LogP contribution in [0.15, 0.2) is 18.2 Å². The molecular formula is C18H24OS. The van der Waals surface area contributed by atoms with Crippen LogP contribution in [0, 0.1) is 19.8 Å². The maximum atomic E-state index is 12.7. The Labute approximate surface area is 126 Å². The number of thioether (sulfide) groups is 1. The van der Waals surface area contributed by atoms with E-state index in [-0.39, 0.29) is 0 Å². The Morgan fingerprint density at radius 2 is 1.90 bits per heavy atom. The van der Waals surface area contributed by atoms with Gasteiger partial charge in [-0.15, -0.1) is 0 Å². The van der Waals surface area contributed by atoms with Gasteiger partial charge in [0.25, 0.3) is 0 Å². The molecule has 2 aliphatic rings. The second-order valence-electron chi connectivity index (χ2n) is 6.48. The SMILES string of the molecule is Cc1cccc(CC(=O)C2CC3CCCC(C2)S3)c1C. The van der Waals surface area contributed by atoms with Crippen molar-refractivity contribution in [2.24, 2.45) is 5.92 Å². The predicted octanol–water partition coefficient (Wildman–Crippen LogP) is 4.48. The van der Waals surface area contributed by atoms with Crippen molar-refractivity contribution < 1.29 is 4.79 Å². The van der Waals surface area contributed by atoms with Gasteiger partial charge in [-0.3, -0.25) is 4.79 Å². The molecule has 2 unspecified atom stereocenters. The lowest BCUT2D eigenvalue weighted by molar-refractivity contribution is -0.122. The van der Waals surface area contributed by atoms with E-state index in [1.54, 1.807) is 0 Å². The Kier molecular flexibility index (Phi) is 4.21. The van der Waals surface area contributed by atoms with Crippen molar-refractivity contribution in [2.75, 3.05) is 0 Å². The summed E-state index contributed by atoms with van der Waals surface area (Å²) in [6, 6.07) is 6.33. The van der Waals surface area contributed by atoms with Crippen LogP contribution in [-0.4, -0.2) is 16.3 Å². The first-order valence-electron chi connectivity index (χ1n) is 7.86. The van der Waals surface area contributed by atoms with Gasteiger partial charge < -0.3 is 0 Å². The number of Topliss-reactive ketones (excluding diaryl/α,β-unsaturated/α-hetero) is 1. The summed E-state index contributed by atoms with van der Waals surface area (Å²) in [5, 5.41) is 1.52. The van der Waals surface area contributed by atoms with E-state index in [9.17, 15) is 4.79 Å². The first-order valence-corrected chi connectivity index (χ1v) is 8.81. The molecule has 20 heavy (non-hydrogen) atoms. The van der Waals surface area contributed by atoms with Crippen molar-refractivity contribution in [3.63, 3.8) is 0 Å². The normalized spacial score (nSPS) is 29.2. The largest absolute Gasteiger partial charge is 0.299 e. The molecule has 0 aromatic heterocycles. The van der Waals surface area contributed by atoms with Crippen molar-refractivity contribution in [2.45, 2.75) is 62.9 Å². The van der Waals surface area contributed by atoms with Gasteiger partial charge in [-0.05, 0) is 56.2 Å². The number of fused-ring (bicyclic) bond motifs is 2. The molecular weight excluding hydrogens is 264 g/mol. The molecule has 0 saturated carbocycles. The van der Waals surface area contributed by atoms with Crippen LogP contribution in [0.1, 0.15) is 48.8 Å². The van der Waals surface area contributed by atoms with E-state index in [0.717, 1.165) is 23.3 Å². The number of hydrogen-bond donors (Lipinski definition) is 0. The number of carbonyl (C=O) groups is 1. The summed E-state index contributed by atoms with van der Waals surface area (Å²) in [4.78, 5) is 12.7. The number of hydrogen-bond acceptors (Lipinski definition) is 2. The highest BCUT2D eigenvalue weighted by molar-refractivity contribution is 8.00. The maximum Gasteiger partial charge on any atom is 0.140 e.